The van der Waals surface area contributed by atoms with Crippen molar-refractivity contribution in [2.24, 2.45) is 5.92 Å². The molecule has 0 aliphatic carbocycles. The van der Waals surface area contributed by atoms with Crippen molar-refractivity contribution in [3.05, 3.63) is 47.9 Å². The average Bonchev–Trinajstić information content (AvgIpc) is 3.51. The third-order valence-corrected chi connectivity index (χ3v) is 7.91. The second kappa shape index (κ2) is 10.6. The van der Waals surface area contributed by atoms with Gasteiger partial charge in [0.15, 0.2) is 11.1 Å². The van der Waals surface area contributed by atoms with Crippen LogP contribution >= 0.6 is 11.3 Å². The van der Waals surface area contributed by atoms with E-state index in [-0.39, 0.29) is 17.8 Å². The number of aromatic nitrogens is 4. The SMILES string of the molecule is CC(C)c1nc(N2CCC(C(C)Oc3nc4ccc(-c5ccc(CS(=O)O)cc5)nc4s3)CC2)no1. The van der Waals surface area contributed by atoms with Crippen molar-refractivity contribution in [2.45, 2.75) is 51.4 Å². The quantitative estimate of drug-likeness (QED) is 0.306. The van der Waals surface area contributed by atoms with Gasteiger partial charge >= 0.3 is 0 Å². The second-order valence-electron chi connectivity index (χ2n) is 9.40. The average molecular weight is 528 g/mol. The van der Waals surface area contributed by atoms with E-state index in [1.165, 1.54) is 11.3 Å². The summed E-state index contributed by atoms with van der Waals surface area (Å²) in [5, 5.41) is 4.77. The molecule has 2 unspecified atom stereocenters. The first-order valence-corrected chi connectivity index (χ1v) is 14.1. The zero-order valence-electron chi connectivity index (χ0n) is 20.5. The molecule has 1 N–H and O–H groups in total. The van der Waals surface area contributed by atoms with Gasteiger partial charge in [-0.05, 0) is 48.5 Å². The molecule has 1 aliphatic rings. The Morgan fingerprint density at radius 3 is 2.53 bits per heavy atom. The Bertz CT molecular complexity index is 1350. The van der Waals surface area contributed by atoms with Crippen LogP contribution in [0.1, 0.15) is 51.0 Å². The maximum Gasteiger partial charge on any atom is 0.276 e. The zero-order chi connectivity index (χ0) is 25.2. The highest BCUT2D eigenvalue weighted by Gasteiger charge is 2.28. The third-order valence-electron chi connectivity index (χ3n) is 6.47. The Balaban J connectivity index is 1.21. The van der Waals surface area contributed by atoms with Gasteiger partial charge in [0.2, 0.25) is 5.89 Å². The minimum absolute atomic E-state index is 0.0355. The highest BCUT2D eigenvalue weighted by molar-refractivity contribution is 7.78. The van der Waals surface area contributed by atoms with E-state index in [9.17, 15) is 4.21 Å². The second-order valence-corrected chi connectivity index (χ2v) is 11.3. The van der Waals surface area contributed by atoms with Crippen molar-refractivity contribution in [1.29, 1.82) is 0 Å². The van der Waals surface area contributed by atoms with Gasteiger partial charge in [0, 0.05) is 24.6 Å². The van der Waals surface area contributed by atoms with Crippen LogP contribution in [0, 0.1) is 5.92 Å². The molecule has 1 aliphatic heterocycles. The minimum Gasteiger partial charge on any atom is -0.467 e. The third kappa shape index (κ3) is 5.58. The van der Waals surface area contributed by atoms with Gasteiger partial charge in [0.25, 0.3) is 11.1 Å². The molecular weight excluding hydrogens is 498 g/mol. The number of piperidine rings is 1. The van der Waals surface area contributed by atoms with E-state index in [1.54, 1.807) is 0 Å². The zero-order valence-corrected chi connectivity index (χ0v) is 22.1. The highest BCUT2D eigenvalue weighted by Crippen LogP contribution is 2.32. The molecule has 4 heterocycles. The number of hydrogen-bond acceptors (Lipinski definition) is 9. The van der Waals surface area contributed by atoms with E-state index in [0.717, 1.165) is 53.1 Å². The maximum absolute atomic E-state index is 11.0. The summed E-state index contributed by atoms with van der Waals surface area (Å²) in [5.41, 5.74) is 3.40. The van der Waals surface area contributed by atoms with Crippen LogP contribution in [0.15, 0.2) is 40.9 Å². The largest absolute Gasteiger partial charge is 0.467 e. The summed E-state index contributed by atoms with van der Waals surface area (Å²) >= 11 is -0.398. The number of fused-ring (bicyclic) bond motifs is 1. The highest BCUT2D eigenvalue weighted by atomic mass is 32.2. The minimum atomic E-state index is -1.85. The van der Waals surface area contributed by atoms with Gasteiger partial charge in [-0.25, -0.2) is 14.2 Å². The van der Waals surface area contributed by atoms with Crippen molar-refractivity contribution in [3.8, 4) is 16.5 Å². The Labute approximate surface area is 216 Å². The van der Waals surface area contributed by atoms with Gasteiger partial charge in [-0.15, -0.1) is 0 Å². The molecule has 5 rings (SSSR count). The number of benzene rings is 1. The molecule has 2 atom stereocenters. The van der Waals surface area contributed by atoms with Crippen LogP contribution in [0.25, 0.3) is 21.6 Å². The van der Waals surface area contributed by atoms with Gasteiger partial charge in [-0.1, -0.05) is 49.4 Å². The maximum atomic E-state index is 11.0. The smallest absolute Gasteiger partial charge is 0.276 e. The number of rotatable bonds is 8. The first kappa shape index (κ1) is 24.8. The number of pyridine rings is 1. The van der Waals surface area contributed by atoms with Gasteiger partial charge in [-0.3, -0.25) is 0 Å². The predicted molar refractivity (Wildman–Crippen MR) is 141 cm³/mol. The lowest BCUT2D eigenvalue weighted by Crippen LogP contribution is -2.39. The number of nitrogens with zero attached hydrogens (tertiary/aromatic N) is 5. The number of anilines is 1. The predicted octanol–water partition coefficient (Wildman–Crippen LogP) is 5.27. The van der Waals surface area contributed by atoms with Crippen LogP contribution in [0.2, 0.25) is 0 Å². The van der Waals surface area contributed by atoms with E-state index in [1.807, 2.05) is 50.2 Å². The number of hydrogen-bond donors (Lipinski definition) is 1. The normalized spacial score (nSPS) is 16.5. The Morgan fingerprint density at radius 2 is 1.86 bits per heavy atom. The molecule has 1 fully saturated rings. The standard InChI is InChI=1S/C25H29N5O4S2/c1-15(2)22-28-24(29-34-22)30-12-10-18(11-13-30)16(3)33-25-27-21-9-8-20(26-23(21)35-25)19-6-4-17(5-7-19)14-36(31)32/h4-9,15-16,18H,10-14H2,1-3H3,(H,31,32). The van der Waals surface area contributed by atoms with Crippen molar-refractivity contribution < 1.29 is 18.0 Å². The van der Waals surface area contributed by atoms with Crippen molar-refractivity contribution in [3.63, 3.8) is 0 Å². The lowest BCUT2D eigenvalue weighted by Gasteiger charge is -2.33. The summed E-state index contributed by atoms with van der Waals surface area (Å²) in [7, 11) is 0. The van der Waals surface area contributed by atoms with Crippen LogP contribution < -0.4 is 9.64 Å². The summed E-state index contributed by atoms with van der Waals surface area (Å²) < 4.78 is 31.7. The van der Waals surface area contributed by atoms with Crippen LogP contribution in [0.5, 0.6) is 5.19 Å². The molecule has 0 saturated carbocycles. The van der Waals surface area contributed by atoms with Crippen LogP contribution in [-0.4, -0.2) is 48.1 Å². The molecule has 1 saturated heterocycles. The molecule has 190 valence electrons. The molecule has 0 amide bonds. The van der Waals surface area contributed by atoms with Gasteiger partial charge < -0.3 is 18.7 Å². The van der Waals surface area contributed by atoms with Crippen LogP contribution in [0.4, 0.5) is 5.95 Å². The fourth-order valence-corrected chi connectivity index (χ4v) is 5.69. The summed E-state index contributed by atoms with van der Waals surface area (Å²) in [4.78, 5) is 16.9. The van der Waals surface area contributed by atoms with Crippen LogP contribution in [-0.2, 0) is 16.8 Å². The number of ether oxygens (including phenoxy) is 1. The molecule has 0 radical (unpaired) electrons. The van der Waals surface area contributed by atoms with E-state index in [0.29, 0.717) is 23.0 Å². The van der Waals surface area contributed by atoms with Gasteiger partial charge in [-0.2, -0.15) is 4.98 Å². The number of thiazole rings is 1. The van der Waals surface area contributed by atoms with E-state index in [4.69, 9.17) is 18.8 Å². The Kier molecular flexibility index (Phi) is 7.31. The summed E-state index contributed by atoms with van der Waals surface area (Å²) in [6.07, 6.45) is 2.01. The van der Waals surface area contributed by atoms with Gasteiger partial charge in [0.1, 0.15) is 16.5 Å². The molecule has 1 aromatic carbocycles. The molecule has 11 heteroatoms. The van der Waals surface area contributed by atoms with E-state index >= 15 is 0 Å². The van der Waals surface area contributed by atoms with Crippen LogP contribution in [0.3, 0.4) is 0 Å². The van der Waals surface area contributed by atoms with Crippen molar-refractivity contribution in [1.82, 2.24) is 20.1 Å². The fraction of sp³-hybridized carbons (Fsp3) is 0.440. The molecule has 36 heavy (non-hydrogen) atoms. The van der Waals surface area contributed by atoms with E-state index in [2.05, 4.69) is 26.9 Å². The monoisotopic (exact) mass is 527 g/mol. The molecule has 4 aromatic rings. The summed E-state index contributed by atoms with van der Waals surface area (Å²) in [6, 6.07) is 11.4. The van der Waals surface area contributed by atoms with E-state index < -0.39 is 11.1 Å². The summed E-state index contributed by atoms with van der Waals surface area (Å²) in [5.74, 6) is 2.11. The van der Waals surface area contributed by atoms with Crippen molar-refractivity contribution in [2.75, 3.05) is 18.0 Å². The lowest BCUT2D eigenvalue weighted by molar-refractivity contribution is 0.132. The summed E-state index contributed by atoms with van der Waals surface area (Å²) in [6.45, 7) is 7.93. The first-order valence-electron chi connectivity index (χ1n) is 12.1. The molecule has 9 nitrogen and oxygen atoms in total. The van der Waals surface area contributed by atoms with Crippen molar-refractivity contribution >= 4 is 38.7 Å². The lowest BCUT2D eigenvalue weighted by atomic mass is 9.92. The topological polar surface area (TPSA) is 114 Å². The Morgan fingerprint density at radius 1 is 1.11 bits per heavy atom. The fourth-order valence-electron chi connectivity index (χ4n) is 4.34. The van der Waals surface area contributed by atoms with Gasteiger partial charge in [0.05, 0.1) is 11.4 Å². The Hall–Kier alpha value is -2.89. The molecule has 3 aromatic heterocycles. The first-order chi connectivity index (χ1) is 17.4. The molecular formula is C25H29N5O4S2. The molecule has 0 bridgehead atoms. The molecule has 0 spiro atoms.